The summed E-state index contributed by atoms with van der Waals surface area (Å²) in [4.78, 5) is 34.6. The Labute approximate surface area is 167 Å². The van der Waals surface area contributed by atoms with E-state index in [0.717, 1.165) is 0 Å². The normalized spacial score (nSPS) is 10.3. The fourth-order valence-corrected chi connectivity index (χ4v) is 2.65. The number of nitro benzene ring substituents is 1. The quantitative estimate of drug-likeness (QED) is 0.338. The SMILES string of the molecule is O=C(OCc1cccc([N+](=O)[O-])c1)c1cccc(NC(=O)c2ccc(Br)o2)c1. The lowest BCUT2D eigenvalue weighted by Crippen LogP contribution is -2.12. The number of hydrogen-bond acceptors (Lipinski definition) is 6. The molecule has 0 unspecified atom stereocenters. The van der Waals surface area contributed by atoms with Crippen LogP contribution in [0.25, 0.3) is 0 Å². The molecule has 1 amide bonds. The molecule has 0 fully saturated rings. The number of hydrogen-bond donors (Lipinski definition) is 1. The van der Waals surface area contributed by atoms with Crippen LogP contribution in [0.4, 0.5) is 11.4 Å². The van der Waals surface area contributed by atoms with Gasteiger partial charge in [0.05, 0.1) is 10.5 Å². The average Bonchev–Trinajstić information content (AvgIpc) is 3.13. The molecule has 0 atom stereocenters. The van der Waals surface area contributed by atoms with Crippen LogP contribution < -0.4 is 5.32 Å². The molecule has 0 spiro atoms. The van der Waals surface area contributed by atoms with Crippen LogP contribution in [0.15, 0.2) is 69.8 Å². The topological polar surface area (TPSA) is 112 Å². The number of nitro groups is 1. The van der Waals surface area contributed by atoms with Gasteiger partial charge in [0, 0.05) is 17.8 Å². The molecule has 0 aliphatic heterocycles. The molecule has 0 saturated carbocycles. The zero-order valence-electron chi connectivity index (χ0n) is 14.3. The minimum Gasteiger partial charge on any atom is -0.457 e. The van der Waals surface area contributed by atoms with E-state index in [9.17, 15) is 19.7 Å². The molecular formula is C19H13BrN2O6. The summed E-state index contributed by atoms with van der Waals surface area (Å²) in [5.41, 5.74) is 1.03. The molecule has 2 aromatic carbocycles. The Morgan fingerprint density at radius 2 is 1.89 bits per heavy atom. The van der Waals surface area contributed by atoms with Crippen molar-refractivity contribution in [3.8, 4) is 0 Å². The third-order valence-corrected chi connectivity index (χ3v) is 4.07. The number of benzene rings is 2. The number of carbonyl (C=O) groups excluding carboxylic acids is 2. The van der Waals surface area contributed by atoms with E-state index < -0.39 is 16.8 Å². The van der Waals surface area contributed by atoms with Crippen molar-refractivity contribution in [2.75, 3.05) is 5.32 Å². The Kier molecular flexibility index (Phi) is 5.85. The number of nitrogens with one attached hydrogen (secondary N) is 1. The molecule has 3 rings (SSSR count). The van der Waals surface area contributed by atoms with E-state index in [-0.39, 0.29) is 23.6 Å². The Balaban J connectivity index is 1.64. The summed E-state index contributed by atoms with van der Waals surface area (Å²) >= 11 is 3.12. The molecule has 3 aromatic rings. The molecule has 8 nitrogen and oxygen atoms in total. The van der Waals surface area contributed by atoms with Crippen molar-refractivity contribution in [2.24, 2.45) is 0 Å². The highest BCUT2D eigenvalue weighted by Gasteiger charge is 2.13. The van der Waals surface area contributed by atoms with Crippen LogP contribution in [0.3, 0.4) is 0 Å². The molecule has 1 N–H and O–H groups in total. The lowest BCUT2D eigenvalue weighted by atomic mass is 10.2. The van der Waals surface area contributed by atoms with Gasteiger partial charge in [-0.15, -0.1) is 0 Å². The van der Waals surface area contributed by atoms with E-state index in [1.807, 2.05) is 0 Å². The average molecular weight is 445 g/mol. The summed E-state index contributed by atoms with van der Waals surface area (Å²) in [5, 5.41) is 13.4. The smallest absolute Gasteiger partial charge is 0.338 e. The zero-order valence-corrected chi connectivity index (χ0v) is 15.8. The molecule has 0 radical (unpaired) electrons. The standard InChI is InChI=1S/C19H13BrN2O6/c20-17-8-7-16(28-17)18(23)21-14-5-2-4-13(10-14)19(24)27-11-12-3-1-6-15(9-12)22(25)26/h1-10H,11H2,(H,21,23). The van der Waals surface area contributed by atoms with Gasteiger partial charge >= 0.3 is 5.97 Å². The number of amides is 1. The van der Waals surface area contributed by atoms with Gasteiger partial charge in [-0.25, -0.2) is 4.79 Å². The van der Waals surface area contributed by atoms with E-state index in [2.05, 4.69) is 21.2 Å². The minimum absolute atomic E-state index is 0.0807. The van der Waals surface area contributed by atoms with E-state index in [1.165, 1.54) is 36.4 Å². The van der Waals surface area contributed by atoms with Crippen molar-refractivity contribution >= 4 is 39.2 Å². The summed E-state index contributed by atoms with van der Waals surface area (Å²) < 4.78 is 10.8. The fourth-order valence-electron chi connectivity index (χ4n) is 2.34. The van der Waals surface area contributed by atoms with Gasteiger partial charge in [-0.1, -0.05) is 18.2 Å². The Morgan fingerprint density at radius 3 is 2.61 bits per heavy atom. The number of ether oxygens (including phenoxy) is 1. The first kappa shape index (κ1) is 19.3. The summed E-state index contributed by atoms with van der Waals surface area (Å²) in [6.07, 6.45) is 0. The molecule has 28 heavy (non-hydrogen) atoms. The third kappa shape index (κ3) is 4.83. The van der Waals surface area contributed by atoms with Gasteiger partial charge in [0.1, 0.15) is 6.61 Å². The predicted octanol–water partition coefficient (Wildman–Crippen LogP) is 4.56. The summed E-state index contributed by atoms with van der Waals surface area (Å²) in [5.74, 6) is -0.971. The highest BCUT2D eigenvalue weighted by atomic mass is 79.9. The largest absolute Gasteiger partial charge is 0.457 e. The van der Waals surface area contributed by atoms with Gasteiger partial charge in [0.25, 0.3) is 11.6 Å². The van der Waals surface area contributed by atoms with Crippen molar-refractivity contribution in [1.82, 2.24) is 0 Å². The van der Waals surface area contributed by atoms with Crippen molar-refractivity contribution in [3.05, 3.63) is 92.3 Å². The monoisotopic (exact) mass is 444 g/mol. The minimum atomic E-state index is -0.622. The van der Waals surface area contributed by atoms with Crippen LogP contribution in [0.1, 0.15) is 26.5 Å². The maximum atomic E-state index is 12.3. The molecule has 0 bridgehead atoms. The first-order valence-corrected chi connectivity index (χ1v) is 8.79. The van der Waals surface area contributed by atoms with Gasteiger partial charge in [-0.05, 0) is 51.8 Å². The second kappa shape index (κ2) is 8.49. The second-order valence-electron chi connectivity index (χ2n) is 5.64. The zero-order chi connectivity index (χ0) is 20.1. The number of nitrogens with zero attached hydrogens (tertiary/aromatic N) is 1. The number of carbonyl (C=O) groups is 2. The van der Waals surface area contributed by atoms with E-state index in [0.29, 0.717) is 15.9 Å². The van der Waals surface area contributed by atoms with E-state index in [1.54, 1.807) is 24.3 Å². The van der Waals surface area contributed by atoms with Crippen molar-refractivity contribution < 1.29 is 23.7 Å². The number of esters is 1. The van der Waals surface area contributed by atoms with Gasteiger partial charge in [0.15, 0.2) is 10.4 Å². The molecule has 1 aromatic heterocycles. The number of furan rings is 1. The highest BCUT2D eigenvalue weighted by molar-refractivity contribution is 9.10. The van der Waals surface area contributed by atoms with Crippen LogP contribution in [-0.2, 0) is 11.3 Å². The number of halogens is 1. The van der Waals surface area contributed by atoms with E-state index >= 15 is 0 Å². The Hall–Kier alpha value is -3.46. The summed E-state index contributed by atoms with van der Waals surface area (Å²) in [6.45, 7) is -0.114. The van der Waals surface area contributed by atoms with Gasteiger partial charge in [0.2, 0.25) is 0 Å². The molecule has 1 heterocycles. The first-order chi connectivity index (χ1) is 13.4. The van der Waals surface area contributed by atoms with Crippen LogP contribution >= 0.6 is 15.9 Å². The van der Waals surface area contributed by atoms with Crippen molar-refractivity contribution in [3.63, 3.8) is 0 Å². The van der Waals surface area contributed by atoms with E-state index in [4.69, 9.17) is 9.15 Å². The molecule has 9 heteroatoms. The lowest BCUT2D eigenvalue weighted by Gasteiger charge is -2.07. The first-order valence-electron chi connectivity index (χ1n) is 7.99. The molecule has 0 aliphatic carbocycles. The fraction of sp³-hybridized carbons (Fsp3) is 0.0526. The van der Waals surface area contributed by atoms with Gasteiger partial charge in [-0.2, -0.15) is 0 Å². The third-order valence-electron chi connectivity index (χ3n) is 3.64. The Bertz CT molecular complexity index is 1050. The van der Waals surface area contributed by atoms with Crippen LogP contribution in [0.2, 0.25) is 0 Å². The molecular weight excluding hydrogens is 432 g/mol. The van der Waals surface area contributed by atoms with Crippen molar-refractivity contribution in [2.45, 2.75) is 6.61 Å². The maximum Gasteiger partial charge on any atom is 0.338 e. The number of anilines is 1. The molecule has 142 valence electrons. The van der Waals surface area contributed by atoms with Crippen molar-refractivity contribution in [1.29, 1.82) is 0 Å². The van der Waals surface area contributed by atoms with Crippen LogP contribution in [0, 0.1) is 10.1 Å². The molecule has 0 aliphatic rings. The highest BCUT2D eigenvalue weighted by Crippen LogP contribution is 2.18. The van der Waals surface area contributed by atoms with Crippen LogP contribution in [-0.4, -0.2) is 16.8 Å². The van der Waals surface area contributed by atoms with Gasteiger partial charge < -0.3 is 14.5 Å². The number of non-ortho nitro benzene ring substituents is 1. The predicted molar refractivity (Wildman–Crippen MR) is 103 cm³/mol. The van der Waals surface area contributed by atoms with Crippen LogP contribution in [0.5, 0.6) is 0 Å². The van der Waals surface area contributed by atoms with Gasteiger partial charge in [-0.3, -0.25) is 14.9 Å². The number of rotatable bonds is 6. The summed E-state index contributed by atoms with van der Waals surface area (Å²) in [7, 11) is 0. The lowest BCUT2D eigenvalue weighted by molar-refractivity contribution is -0.384. The maximum absolute atomic E-state index is 12.3. The Morgan fingerprint density at radius 1 is 1.11 bits per heavy atom. The summed E-state index contributed by atoms with van der Waals surface area (Å²) in [6, 6.07) is 15.2. The molecule has 0 saturated heterocycles. The second-order valence-corrected chi connectivity index (χ2v) is 6.42.